The maximum Gasteiger partial charge on any atom is 0.172 e. The molecule has 0 saturated heterocycles. The first-order valence-corrected chi connectivity index (χ1v) is 5.70. The second-order valence-electron chi connectivity index (χ2n) is 5.00. The van der Waals surface area contributed by atoms with Crippen LogP contribution in [-0.2, 0) is 4.79 Å². The monoisotopic (exact) mass is 230 g/mol. The van der Waals surface area contributed by atoms with E-state index >= 15 is 0 Å². The van der Waals surface area contributed by atoms with Crippen molar-refractivity contribution in [2.75, 3.05) is 0 Å². The topological polar surface area (TPSA) is 62.0 Å². The lowest BCUT2D eigenvalue weighted by Gasteiger charge is -2.17. The Kier molecular flexibility index (Phi) is 8.25. The van der Waals surface area contributed by atoms with Crippen molar-refractivity contribution >= 4 is 5.78 Å². The van der Waals surface area contributed by atoms with E-state index in [4.69, 9.17) is 0 Å². The van der Waals surface area contributed by atoms with Crippen LogP contribution < -0.4 is 0 Å². The summed E-state index contributed by atoms with van der Waals surface area (Å²) in [5.41, 5.74) is -1.19. The van der Waals surface area contributed by atoms with E-state index in [1.54, 1.807) is 13.8 Å². The molecular formula is C12H26N2O2. The highest BCUT2D eigenvalue weighted by atomic mass is 16.3. The number of azo groups is 1. The van der Waals surface area contributed by atoms with Gasteiger partial charge < -0.3 is 9.90 Å². The SMILES string of the molecule is CCC(C)(O)N=NC(C)(C)C.CCC(C)=O. The standard InChI is InChI=1S/C8H18N2O.C4H8O/c1-6-8(5,11)10-9-7(2,3)4;1-3-4(2)5/h11H,6H2,1-5H3;3H2,1-2H3. The summed E-state index contributed by atoms with van der Waals surface area (Å²) in [6, 6.07) is 0. The van der Waals surface area contributed by atoms with Gasteiger partial charge >= 0.3 is 0 Å². The van der Waals surface area contributed by atoms with E-state index < -0.39 is 5.72 Å². The summed E-state index contributed by atoms with van der Waals surface area (Å²) >= 11 is 0. The Morgan fingerprint density at radius 2 is 1.50 bits per heavy atom. The first-order valence-electron chi connectivity index (χ1n) is 5.70. The molecule has 96 valence electrons. The van der Waals surface area contributed by atoms with E-state index in [1.807, 2.05) is 34.6 Å². The molecule has 4 heteroatoms. The first kappa shape index (κ1) is 17.6. The van der Waals surface area contributed by atoms with Gasteiger partial charge in [-0.2, -0.15) is 10.2 Å². The molecule has 1 atom stereocenters. The minimum Gasteiger partial charge on any atom is -0.368 e. The number of Topliss-reactive ketones (excluding diaryl/α,β-unsaturated/α-hetero) is 1. The summed E-state index contributed by atoms with van der Waals surface area (Å²) in [5.74, 6) is 0.255. The van der Waals surface area contributed by atoms with E-state index in [0.29, 0.717) is 12.8 Å². The quantitative estimate of drug-likeness (QED) is 0.756. The van der Waals surface area contributed by atoms with Gasteiger partial charge in [-0.25, -0.2) is 0 Å². The van der Waals surface area contributed by atoms with Gasteiger partial charge in [0, 0.05) is 6.42 Å². The van der Waals surface area contributed by atoms with Crippen molar-refractivity contribution in [1.29, 1.82) is 0 Å². The van der Waals surface area contributed by atoms with E-state index in [1.165, 1.54) is 0 Å². The lowest BCUT2D eigenvalue weighted by molar-refractivity contribution is -0.116. The molecule has 0 saturated carbocycles. The third kappa shape index (κ3) is 15.7. The minimum absolute atomic E-state index is 0.195. The minimum atomic E-state index is -0.993. The van der Waals surface area contributed by atoms with E-state index in [0.717, 1.165) is 0 Å². The Bertz CT molecular complexity index is 228. The van der Waals surface area contributed by atoms with Gasteiger partial charge in [0.25, 0.3) is 0 Å². The van der Waals surface area contributed by atoms with Crippen molar-refractivity contribution in [2.24, 2.45) is 10.2 Å². The number of ketones is 1. The zero-order valence-electron chi connectivity index (χ0n) is 11.7. The fourth-order valence-electron chi connectivity index (χ4n) is 0.328. The third-order valence-electron chi connectivity index (χ3n) is 1.73. The van der Waals surface area contributed by atoms with Crippen molar-refractivity contribution in [3.63, 3.8) is 0 Å². The molecule has 0 aliphatic carbocycles. The van der Waals surface area contributed by atoms with Crippen LogP contribution in [0.2, 0.25) is 0 Å². The van der Waals surface area contributed by atoms with Crippen molar-refractivity contribution in [3.05, 3.63) is 0 Å². The normalized spacial score (nSPS) is 15.2. The highest BCUT2D eigenvalue weighted by Gasteiger charge is 2.17. The molecule has 1 N–H and O–H groups in total. The maximum atomic E-state index is 9.81. The fraction of sp³-hybridized carbons (Fsp3) is 0.917. The van der Waals surface area contributed by atoms with Gasteiger partial charge in [-0.15, -0.1) is 0 Å². The van der Waals surface area contributed by atoms with Crippen LogP contribution in [0.5, 0.6) is 0 Å². The molecule has 0 bridgehead atoms. The average molecular weight is 230 g/mol. The molecule has 0 aliphatic rings. The van der Waals surface area contributed by atoms with Gasteiger partial charge in [-0.05, 0) is 41.0 Å². The van der Waals surface area contributed by atoms with Crippen molar-refractivity contribution in [1.82, 2.24) is 0 Å². The molecule has 0 aromatic rings. The van der Waals surface area contributed by atoms with Gasteiger partial charge in [0.1, 0.15) is 5.78 Å². The summed E-state index contributed by atoms with van der Waals surface area (Å²) in [6.07, 6.45) is 1.26. The summed E-state index contributed by atoms with van der Waals surface area (Å²) < 4.78 is 0. The van der Waals surface area contributed by atoms with Crippen LogP contribution in [0.3, 0.4) is 0 Å². The number of nitrogens with zero attached hydrogens (tertiary/aromatic N) is 2. The third-order valence-corrected chi connectivity index (χ3v) is 1.73. The molecule has 0 heterocycles. The van der Waals surface area contributed by atoms with Crippen LogP contribution in [-0.4, -0.2) is 22.2 Å². The Morgan fingerprint density at radius 1 is 1.12 bits per heavy atom. The molecule has 0 spiro atoms. The molecule has 0 radical (unpaired) electrons. The molecular weight excluding hydrogens is 204 g/mol. The van der Waals surface area contributed by atoms with Gasteiger partial charge in [0.2, 0.25) is 0 Å². The van der Waals surface area contributed by atoms with E-state index in [9.17, 15) is 9.90 Å². The number of rotatable bonds is 3. The summed E-state index contributed by atoms with van der Waals surface area (Å²) in [4.78, 5) is 9.81. The lowest BCUT2D eigenvalue weighted by Crippen LogP contribution is -2.20. The highest BCUT2D eigenvalue weighted by Crippen LogP contribution is 2.15. The second-order valence-corrected chi connectivity index (χ2v) is 5.00. The van der Waals surface area contributed by atoms with E-state index in [-0.39, 0.29) is 11.3 Å². The Hall–Kier alpha value is -0.770. The van der Waals surface area contributed by atoms with Crippen LogP contribution in [0.15, 0.2) is 10.2 Å². The summed E-state index contributed by atoms with van der Waals surface area (Å²) in [6.45, 7) is 12.8. The zero-order valence-corrected chi connectivity index (χ0v) is 11.7. The second kappa shape index (κ2) is 7.49. The predicted octanol–water partition coefficient (Wildman–Crippen LogP) is 3.34. The first-order chi connectivity index (χ1) is 7.04. The van der Waals surface area contributed by atoms with Gasteiger partial charge in [0.15, 0.2) is 5.72 Å². The molecule has 0 aromatic heterocycles. The van der Waals surface area contributed by atoms with Crippen LogP contribution in [0.4, 0.5) is 0 Å². The van der Waals surface area contributed by atoms with Crippen LogP contribution >= 0.6 is 0 Å². The molecule has 1 unspecified atom stereocenters. The molecule has 0 fully saturated rings. The molecule has 0 aromatic carbocycles. The highest BCUT2D eigenvalue weighted by molar-refractivity contribution is 5.74. The van der Waals surface area contributed by atoms with Crippen LogP contribution in [0.25, 0.3) is 0 Å². The number of hydrogen-bond donors (Lipinski definition) is 1. The number of aliphatic hydroxyl groups is 1. The molecule has 0 aliphatic heterocycles. The smallest absolute Gasteiger partial charge is 0.172 e. The maximum absolute atomic E-state index is 9.81. The van der Waals surface area contributed by atoms with Gasteiger partial charge in [0.05, 0.1) is 5.54 Å². The van der Waals surface area contributed by atoms with Gasteiger partial charge in [-0.1, -0.05) is 13.8 Å². The average Bonchev–Trinajstić information content (AvgIpc) is 2.15. The van der Waals surface area contributed by atoms with E-state index in [2.05, 4.69) is 10.2 Å². The fourth-order valence-corrected chi connectivity index (χ4v) is 0.328. The molecule has 16 heavy (non-hydrogen) atoms. The van der Waals surface area contributed by atoms with Crippen molar-refractivity contribution in [2.45, 2.75) is 72.6 Å². The Morgan fingerprint density at radius 3 is 1.69 bits per heavy atom. The predicted molar refractivity (Wildman–Crippen MR) is 66.5 cm³/mol. The zero-order chi connectivity index (χ0) is 13.4. The largest absolute Gasteiger partial charge is 0.368 e. The van der Waals surface area contributed by atoms with Gasteiger partial charge in [-0.3, -0.25) is 0 Å². The van der Waals surface area contributed by atoms with Crippen LogP contribution in [0, 0.1) is 0 Å². The Labute approximate surface area is 99.2 Å². The molecule has 0 rings (SSSR count). The molecule has 0 amide bonds. The number of carbonyl (C=O) groups excluding carboxylic acids is 1. The lowest BCUT2D eigenvalue weighted by atomic mass is 10.1. The summed E-state index contributed by atoms with van der Waals surface area (Å²) in [7, 11) is 0. The molecule has 4 nitrogen and oxygen atoms in total. The van der Waals surface area contributed by atoms with Crippen molar-refractivity contribution < 1.29 is 9.90 Å². The van der Waals surface area contributed by atoms with Crippen molar-refractivity contribution in [3.8, 4) is 0 Å². The number of carbonyl (C=O) groups is 1. The Balaban J connectivity index is 0. The number of hydrogen-bond acceptors (Lipinski definition) is 4. The van der Waals surface area contributed by atoms with Crippen LogP contribution in [0.1, 0.15) is 61.3 Å². The summed E-state index contributed by atoms with van der Waals surface area (Å²) in [5, 5.41) is 17.2.